The Bertz CT molecular complexity index is 1370. The van der Waals surface area contributed by atoms with Crippen molar-refractivity contribution in [3.63, 3.8) is 0 Å². The Morgan fingerprint density at radius 1 is 0.949 bits per heavy atom. The summed E-state index contributed by atoms with van der Waals surface area (Å²) >= 11 is 0. The number of aryl methyl sites for hydroxylation is 1. The van der Waals surface area contributed by atoms with Crippen LogP contribution in [0.2, 0.25) is 0 Å². The van der Waals surface area contributed by atoms with Crippen molar-refractivity contribution in [2.24, 2.45) is 0 Å². The minimum atomic E-state index is -0.231. The highest BCUT2D eigenvalue weighted by Gasteiger charge is 2.28. The van der Waals surface area contributed by atoms with Crippen LogP contribution in [0.25, 0.3) is 0 Å². The Hall–Kier alpha value is -3.83. The van der Waals surface area contributed by atoms with Crippen LogP contribution in [0.5, 0.6) is 11.5 Å². The smallest absolute Gasteiger partial charge is 0.123 e. The molecule has 202 valence electrons. The number of hydrogen-bond donors (Lipinski definition) is 1. The van der Waals surface area contributed by atoms with Crippen LogP contribution in [0.3, 0.4) is 0 Å². The highest BCUT2D eigenvalue weighted by atomic mass is 19.1. The molecule has 0 spiro atoms. The number of benzene rings is 4. The van der Waals surface area contributed by atoms with E-state index in [0.29, 0.717) is 12.4 Å². The number of halogens is 1. The first-order chi connectivity index (χ1) is 19.0. The van der Waals surface area contributed by atoms with Gasteiger partial charge in [-0.05, 0) is 97.1 Å². The van der Waals surface area contributed by atoms with E-state index in [9.17, 15) is 9.50 Å². The first-order valence-corrected chi connectivity index (χ1v) is 13.8. The van der Waals surface area contributed by atoms with Crippen LogP contribution in [-0.2, 0) is 19.4 Å². The molecule has 1 unspecified atom stereocenters. The highest BCUT2D eigenvalue weighted by Crippen LogP contribution is 2.37. The van der Waals surface area contributed by atoms with Crippen LogP contribution in [-0.4, -0.2) is 36.2 Å². The van der Waals surface area contributed by atoms with Crippen molar-refractivity contribution < 1.29 is 14.2 Å². The van der Waals surface area contributed by atoms with Gasteiger partial charge in [0.25, 0.3) is 0 Å². The lowest BCUT2D eigenvalue weighted by Crippen LogP contribution is -2.36. The average molecular weight is 525 g/mol. The molecule has 1 atom stereocenters. The van der Waals surface area contributed by atoms with Crippen molar-refractivity contribution in [2.75, 3.05) is 31.1 Å². The molecule has 5 heteroatoms. The standard InChI is InChI=1S/C34H37FN2O2/c1-3-36(24-27-6-4-5-25(2)21-27)19-20-39-32-14-7-26(8-15-32)22-34-33-16-13-31(38)23-28(33)17-18-37(34)30-11-9-29(35)10-12-30/h4-16,21,23,34,38H,3,17-20,22,24H2,1-2H3. The fourth-order valence-corrected chi connectivity index (χ4v) is 5.52. The van der Waals surface area contributed by atoms with Crippen LogP contribution in [0, 0.1) is 12.7 Å². The number of anilines is 1. The van der Waals surface area contributed by atoms with Crippen molar-refractivity contribution in [1.82, 2.24) is 4.90 Å². The van der Waals surface area contributed by atoms with Gasteiger partial charge in [0.15, 0.2) is 0 Å². The summed E-state index contributed by atoms with van der Waals surface area (Å²) in [5, 5.41) is 10.0. The second-order valence-corrected chi connectivity index (χ2v) is 10.4. The fourth-order valence-electron chi connectivity index (χ4n) is 5.52. The minimum Gasteiger partial charge on any atom is -0.508 e. The van der Waals surface area contributed by atoms with Crippen molar-refractivity contribution in [1.29, 1.82) is 0 Å². The number of fused-ring (bicyclic) bond motifs is 1. The number of ether oxygens (including phenoxy) is 1. The highest BCUT2D eigenvalue weighted by molar-refractivity contribution is 5.53. The van der Waals surface area contributed by atoms with Crippen LogP contribution in [0.4, 0.5) is 10.1 Å². The lowest BCUT2D eigenvalue weighted by molar-refractivity contribution is 0.210. The number of nitrogens with zero attached hydrogens (tertiary/aromatic N) is 2. The van der Waals surface area contributed by atoms with E-state index in [4.69, 9.17) is 4.74 Å². The molecule has 1 heterocycles. The number of hydrogen-bond acceptors (Lipinski definition) is 4. The summed E-state index contributed by atoms with van der Waals surface area (Å²) in [6.45, 7) is 8.52. The predicted molar refractivity (Wildman–Crippen MR) is 156 cm³/mol. The SMILES string of the molecule is CCN(CCOc1ccc(CC2c3ccc(O)cc3CCN2c2ccc(F)cc2)cc1)Cc1cccc(C)c1. The molecule has 0 amide bonds. The van der Waals surface area contributed by atoms with Crippen LogP contribution in [0.15, 0.2) is 91.0 Å². The van der Waals surface area contributed by atoms with Gasteiger partial charge in [-0.3, -0.25) is 4.90 Å². The van der Waals surface area contributed by atoms with Gasteiger partial charge in [-0.15, -0.1) is 0 Å². The summed E-state index contributed by atoms with van der Waals surface area (Å²) in [4.78, 5) is 4.74. The Morgan fingerprint density at radius 3 is 2.49 bits per heavy atom. The van der Waals surface area contributed by atoms with Gasteiger partial charge >= 0.3 is 0 Å². The second-order valence-electron chi connectivity index (χ2n) is 10.4. The molecule has 4 aromatic rings. The molecule has 0 fully saturated rings. The van der Waals surface area contributed by atoms with Crippen molar-refractivity contribution in [3.05, 3.63) is 125 Å². The Balaban J connectivity index is 1.24. The normalized spacial score (nSPS) is 14.9. The molecule has 0 radical (unpaired) electrons. The number of aromatic hydroxyl groups is 1. The zero-order valence-electron chi connectivity index (χ0n) is 22.8. The average Bonchev–Trinajstić information content (AvgIpc) is 2.94. The molecular weight excluding hydrogens is 487 g/mol. The van der Waals surface area contributed by atoms with Crippen molar-refractivity contribution >= 4 is 5.69 Å². The Labute approximate surface area is 231 Å². The summed E-state index contributed by atoms with van der Waals surface area (Å²) in [5.41, 5.74) is 7.20. The maximum absolute atomic E-state index is 13.6. The second kappa shape index (κ2) is 12.4. The van der Waals surface area contributed by atoms with Gasteiger partial charge in [-0.25, -0.2) is 4.39 Å². The summed E-state index contributed by atoms with van der Waals surface area (Å²) in [7, 11) is 0. The van der Waals surface area contributed by atoms with Gasteiger partial charge in [0.1, 0.15) is 23.9 Å². The third-order valence-electron chi connectivity index (χ3n) is 7.61. The van der Waals surface area contributed by atoms with E-state index in [1.165, 1.54) is 39.9 Å². The van der Waals surface area contributed by atoms with E-state index in [1.54, 1.807) is 6.07 Å². The predicted octanol–water partition coefficient (Wildman–Crippen LogP) is 7.09. The van der Waals surface area contributed by atoms with Gasteiger partial charge < -0.3 is 14.7 Å². The third-order valence-corrected chi connectivity index (χ3v) is 7.61. The van der Waals surface area contributed by atoms with E-state index < -0.39 is 0 Å². The third kappa shape index (κ3) is 6.79. The van der Waals surface area contributed by atoms with E-state index in [2.05, 4.69) is 72.2 Å². The van der Waals surface area contributed by atoms with Gasteiger partial charge in [0.05, 0.1) is 6.04 Å². The molecule has 0 saturated carbocycles. The zero-order chi connectivity index (χ0) is 27.2. The van der Waals surface area contributed by atoms with Gasteiger partial charge in [-0.2, -0.15) is 0 Å². The summed E-state index contributed by atoms with van der Waals surface area (Å²) in [6, 6.07) is 29.5. The molecule has 4 aromatic carbocycles. The number of likely N-dealkylation sites (N-methyl/N-ethyl adjacent to an activating group) is 1. The Morgan fingerprint density at radius 2 is 1.74 bits per heavy atom. The van der Waals surface area contributed by atoms with Crippen LogP contribution in [0.1, 0.15) is 40.8 Å². The van der Waals surface area contributed by atoms with Gasteiger partial charge in [0.2, 0.25) is 0 Å². The van der Waals surface area contributed by atoms with Crippen LogP contribution >= 0.6 is 0 Å². The number of phenols is 1. The quantitative estimate of drug-likeness (QED) is 0.240. The molecule has 1 N–H and O–H groups in total. The summed E-state index contributed by atoms with van der Waals surface area (Å²) < 4.78 is 19.7. The Kier molecular flexibility index (Phi) is 8.48. The van der Waals surface area contributed by atoms with E-state index in [-0.39, 0.29) is 11.9 Å². The molecule has 0 aliphatic carbocycles. The zero-order valence-corrected chi connectivity index (χ0v) is 22.8. The molecule has 0 saturated heterocycles. The monoisotopic (exact) mass is 524 g/mol. The largest absolute Gasteiger partial charge is 0.508 e. The van der Waals surface area contributed by atoms with Crippen LogP contribution < -0.4 is 9.64 Å². The number of rotatable bonds is 10. The van der Waals surface area contributed by atoms with E-state index in [1.807, 2.05) is 24.3 Å². The van der Waals surface area contributed by atoms with E-state index in [0.717, 1.165) is 50.5 Å². The number of phenolic OH excluding ortho intramolecular Hbond substituents is 1. The topological polar surface area (TPSA) is 35.9 Å². The maximum atomic E-state index is 13.6. The van der Waals surface area contributed by atoms with E-state index >= 15 is 0 Å². The molecule has 4 nitrogen and oxygen atoms in total. The van der Waals surface area contributed by atoms with Crippen molar-refractivity contribution in [2.45, 2.75) is 39.3 Å². The van der Waals surface area contributed by atoms with Gasteiger partial charge in [0, 0.05) is 25.3 Å². The molecule has 0 bridgehead atoms. The first kappa shape index (κ1) is 26.8. The maximum Gasteiger partial charge on any atom is 0.123 e. The lowest BCUT2D eigenvalue weighted by Gasteiger charge is -2.39. The molecule has 39 heavy (non-hydrogen) atoms. The fraction of sp³-hybridized carbons (Fsp3) is 0.294. The molecular formula is C34H37FN2O2. The summed E-state index contributed by atoms with van der Waals surface area (Å²) in [6.07, 6.45) is 1.64. The molecule has 1 aliphatic rings. The minimum absolute atomic E-state index is 0.0892. The summed E-state index contributed by atoms with van der Waals surface area (Å²) in [5.74, 6) is 0.935. The molecule has 5 rings (SSSR count). The first-order valence-electron chi connectivity index (χ1n) is 13.8. The lowest BCUT2D eigenvalue weighted by atomic mass is 9.88. The van der Waals surface area contributed by atoms with Crippen molar-refractivity contribution in [3.8, 4) is 11.5 Å². The van der Waals surface area contributed by atoms with Gasteiger partial charge in [-0.1, -0.05) is 55.0 Å². The molecule has 1 aliphatic heterocycles. The molecule has 0 aromatic heterocycles.